The number of hydrogen-bond acceptors (Lipinski definition) is 5. The lowest BCUT2D eigenvalue weighted by atomic mass is 9.90. The maximum Gasteiger partial charge on any atom is 0.145 e. The summed E-state index contributed by atoms with van der Waals surface area (Å²) in [6.07, 6.45) is 4.08. The monoisotopic (exact) mass is 383 g/mol. The molecule has 0 amide bonds. The van der Waals surface area contributed by atoms with Gasteiger partial charge in [-0.25, -0.2) is 4.39 Å². The van der Waals surface area contributed by atoms with Gasteiger partial charge in [-0.1, -0.05) is 23.4 Å². The third-order valence-corrected chi connectivity index (χ3v) is 5.70. The molecule has 0 saturated carbocycles. The highest BCUT2D eigenvalue weighted by molar-refractivity contribution is 6.01. The van der Waals surface area contributed by atoms with Gasteiger partial charge in [0.05, 0.1) is 11.4 Å². The van der Waals surface area contributed by atoms with Crippen molar-refractivity contribution in [2.75, 3.05) is 25.4 Å². The van der Waals surface area contributed by atoms with Crippen molar-refractivity contribution in [3.63, 3.8) is 0 Å². The fourth-order valence-corrected chi connectivity index (χ4v) is 4.03. The third-order valence-electron chi connectivity index (χ3n) is 5.70. The Morgan fingerprint density at radius 2 is 1.89 bits per heavy atom. The number of rotatable bonds is 5. The number of anilines is 1. The van der Waals surface area contributed by atoms with Crippen LogP contribution in [0, 0.1) is 11.7 Å². The van der Waals surface area contributed by atoms with Crippen LogP contribution in [0.2, 0.25) is 0 Å². The maximum atomic E-state index is 13.0. The van der Waals surface area contributed by atoms with Crippen molar-refractivity contribution in [3.05, 3.63) is 59.4 Å². The fourth-order valence-electron chi connectivity index (χ4n) is 4.03. The Kier molecular flexibility index (Phi) is 5.48. The fraction of sp³-hybridized carbons (Fsp3) is 0.409. The van der Waals surface area contributed by atoms with E-state index in [1.54, 1.807) is 24.3 Å². The van der Waals surface area contributed by atoms with E-state index in [1.165, 1.54) is 5.56 Å². The standard InChI is InChI=1S/C22H26FN3O2/c23-18-4-1-15(2-5-18)11-16-7-9-26(10-8-16)14-19-13-21(25-28-19)17-3-6-20(24)22(27)12-17/h1-6,12,16,19,27H,7-11,13-14,24H2. The lowest BCUT2D eigenvalue weighted by molar-refractivity contribution is 0.0419. The number of nitrogen functional groups attached to an aromatic ring is 1. The molecule has 5 nitrogen and oxygen atoms in total. The zero-order chi connectivity index (χ0) is 19.5. The highest BCUT2D eigenvalue weighted by atomic mass is 19.1. The quantitative estimate of drug-likeness (QED) is 0.612. The number of oxime groups is 1. The van der Waals surface area contributed by atoms with Gasteiger partial charge in [-0.05, 0) is 68.1 Å². The first-order valence-electron chi connectivity index (χ1n) is 9.85. The van der Waals surface area contributed by atoms with Crippen molar-refractivity contribution in [3.8, 4) is 5.75 Å². The molecule has 0 aromatic heterocycles. The van der Waals surface area contributed by atoms with E-state index in [0.717, 1.165) is 56.6 Å². The van der Waals surface area contributed by atoms with E-state index in [4.69, 9.17) is 10.6 Å². The van der Waals surface area contributed by atoms with Gasteiger partial charge in [0.25, 0.3) is 0 Å². The zero-order valence-corrected chi connectivity index (χ0v) is 15.9. The normalized spacial score (nSPS) is 20.8. The van der Waals surface area contributed by atoms with E-state index in [9.17, 15) is 9.50 Å². The van der Waals surface area contributed by atoms with E-state index < -0.39 is 0 Å². The van der Waals surface area contributed by atoms with Gasteiger partial charge in [-0.2, -0.15) is 0 Å². The largest absolute Gasteiger partial charge is 0.506 e. The van der Waals surface area contributed by atoms with Crippen molar-refractivity contribution in [1.82, 2.24) is 4.90 Å². The van der Waals surface area contributed by atoms with Gasteiger partial charge in [0.1, 0.15) is 17.7 Å². The number of nitrogens with zero attached hydrogens (tertiary/aromatic N) is 2. The Bertz CT molecular complexity index is 845. The molecular formula is C22H26FN3O2. The smallest absolute Gasteiger partial charge is 0.145 e. The first-order valence-corrected chi connectivity index (χ1v) is 9.85. The molecule has 0 aliphatic carbocycles. The molecule has 28 heavy (non-hydrogen) atoms. The highest BCUT2D eigenvalue weighted by Crippen LogP contribution is 2.26. The molecule has 2 aliphatic rings. The average molecular weight is 383 g/mol. The molecule has 0 spiro atoms. The number of piperidine rings is 1. The van der Waals surface area contributed by atoms with Crippen molar-refractivity contribution in [1.29, 1.82) is 0 Å². The van der Waals surface area contributed by atoms with Gasteiger partial charge >= 0.3 is 0 Å². The number of aromatic hydroxyl groups is 1. The molecule has 1 fully saturated rings. The molecule has 1 atom stereocenters. The number of benzene rings is 2. The second-order valence-electron chi connectivity index (χ2n) is 7.82. The van der Waals surface area contributed by atoms with Crippen LogP contribution >= 0.6 is 0 Å². The number of phenolic OH excluding ortho intramolecular Hbond substituents is 1. The summed E-state index contributed by atoms with van der Waals surface area (Å²) in [5.74, 6) is 0.550. The van der Waals surface area contributed by atoms with Gasteiger partial charge in [0.2, 0.25) is 0 Å². The van der Waals surface area contributed by atoms with E-state index >= 15 is 0 Å². The predicted molar refractivity (Wildman–Crippen MR) is 108 cm³/mol. The van der Waals surface area contributed by atoms with Crippen molar-refractivity contribution in [2.45, 2.75) is 31.8 Å². The molecule has 3 N–H and O–H groups in total. The number of phenols is 1. The number of hydrogen-bond donors (Lipinski definition) is 2. The summed E-state index contributed by atoms with van der Waals surface area (Å²) in [4.78, 5) is 8.06. The van der Waals surface area contributed by atoms with Gasteiger partial charge in [0.15, 0.2) is 0 Å². The summed E-state index contributed by atoms with van der Waals surface area (Å²) in [7, 11) is 0. The second kappa shape index (κ2) is 8.19. The minimum absolute atomic E-state index is 0.0448. The molecule has 2 aromatic rings. The Labute approximate surface area is 164 Å². The third kappa shape index (κ3) is 4.44. The SMILES string of the molecule is Nc1ccc(C2=NOC(CN3CCC(Cc4ccc(F)cc4)CC3)C2)cc1O. The van der Waals surface area contributed by atoms with Crippen molar-refractivity contribution < 1.29 is 14.3 Å². The van der Waals surface area contributed by atoms with Crippen LogP contribution < -0.4 is 5.73 Å². The predicted octanol–water partition coefficient (Wildman–Crippen LogP) is 3.56. The van der Waals surface area contributed by atoms with Crippen molar-refractivity contribution >= 4 is 11.4 Å². The first kappa shape index (κ1) is 18.7. The molecule has 2 aromatic carbocycles. The van der Waals surface area contributed by atoms with Crippen LogP contribution in [0.25, 0.3) is 0 Å². The Balaban J connectivity index is 1.23. The Hall–Kier alpha value is -2.60. The van der Waals surface area contributed by atoms with Gasteiger partial charge in [-0.3, -0.25) is 4.90 Å². The molecular weight excluding hydrogens is 357 g/mol. The lowest BCUT2D eigenvalue weighted by Crippen LogP contribution is -2.39. The lowest BCUT2D eigenvalue weighted by Gasteiger charge is -2.33. The summed E-state index contributed by atoms with van der Waals surface area (Å²) in [6.45, 7) is 2.95. The van der Waals surface area contributed by atoms with Crippen LogP contribution in [0.5, 0.6) is 5.75 Å². The van der Waals surface area contributed by atoms with Crippen LogP contribution in [0.3, 0.4) is 0 Å². The topological polar surface area (TPSA) is 71.1 Å². The van der Waals surface area contributed by atoms with Crippen LogP contribution in [0.1, 0.15) is 30.4 Å². The maximum absolute atomic E-state index is 13.0. The molecule has 6 heteroatoms. The molecule has 4 rings (SSSR count). The minimum atomic E-state index is -0.175. The summed E-state index contributed by atoms with van der Waals surface area (Å²) >= 11 is 0. The molecule has 1 unspecified atom stereocenters. The summed E-state index contributed by atoms with van der Waals surface area (Å²) in [5, 5.41) is 14.0. The summed E-state index contributed by atoms with van der Waals surface area (Å²) in [6, 6.07) is 12.1. The number of halogens is 1. The molecule has 148 valence electrons. The van der Waals surface area contributed by atoms with E-state index in [-0.39, 0.29) is 17.7 Å². The van der Waals surface area contributed by atoms with Gasteiger partial charge < -0.3 is 15.7 Å². The van der Waals surface area contributed by atoms with Gasteiger partial charge in [0, 0.05) is 18.5 Å². The van der Waals surface area contributed by atoms with Crippen molar-refractivity contribution in [2.24, 2.45) is 11.1 Å². The summed E-state index contributed by atoms with van der Waals surface area (Å²) in [5.41, 5.74) is 8.94. The molecule has 0 radical (unpaired) electrons. The Morgan fingerprint density at radius 3 is 2.61 bits per heavy atom. The zero-order valence-electron chi connectivity index (χ0n) is 15.9. The average Bonchev–Trinajstić information content (AvgIpc) is 3.16. The highest BCUT2D eigenvalue weighted by Gasteiger charge is 2.27. The van der Waals surface area contributed by atoms with Gasteiger partial charge in [-0.15, -0.1) is 0 Å². The minimum Gasteiger partial charge on any atom is -0.506 e. The molecule has 0 bridgehead atoms. The van der Waals surface area contributed by atoms with E-state index in [0.29, 0.717) is 11.6 Å². The number of nitrogens with two attached hydrogens (primary N) is 1. The molecule has 2 aliphatic heterocycles. The van der Waals surface area contributed by atoms with E-state index in [1.807, 2.05) is 18.2 Å². The second-order valence-corrected chi connectivity index (χ2v) is 7.82. The number of likely N-dealkylation sites (tertiary alicyclic amines) is 1. The van der Waals surface area contributed by atoms with Crippen LogP contribution in [0.15, 0.2) is 47.6 Å². The molecule has 2 heterocycles. The van der Waals surface area contributed by atoms with Crippen LogP contribution in [-0.4, -0.2) is 41.5 Å². The Morgan fingerprint density at radius 1 is 1.14 bits per heavy atom. The first-order chi connectivity index (χ1) is 13.6. The van der Waals surface area contributed by atoms with E-state index in [2.05, 4.69) is 10.1 Å². The molecule has 1 saturated heterocycles. The van der Waals surface area contributed by atoms with Crippen LogP contribution in [-0.2, 0) is 11.3 Å². The summed E-state index contributed by atoms with van der Waals surface area (Å²) < 4.78 is 13.0. The van der Waals surface area contributed by atoms with Crippen LogP contribution in [0.4, 0.5) is 10.1 Å².